The predicted molar refractivity (Wildman–Crippen MR) is 141 cm³/mol. The molecule has 6 nitrogen and oxygen atoms in total. The van der Waals surface area contributed by atoms with Crippen LogP contribution < -0.4 is 10.2 Å². The molecule has 2 aliphatic rings. The zero-order valence-corrected chi connectivity index (χ0v) is 21.9. The summed E-state index contributed by atoms with van der Waals surface area (Å²) in [6.07, 6.45) is 1.93. The molecule has 1 fully saturated rings. The minimum atomic E-state index is -0.450. The van der Waals surface area contributed by atoms with Gasteiger partial charge in [-0.3, -0.25) is 14.5 Å². The highest BCUT2D eigenvalue weighted by Gasteiger charge is 2.41. The molecule has 36 heavy (non-hydrogen) atoms. The molecule has 1 aliphatic carbocycles. The Morgan fingerprint density at radius 1 is 1.14 bits per heavy atom. The summed E-state index contributed by atoms with van der Waals surface area (Å²) in [6.45, 7) is 8.09. The van der Waals surface area contributed by atoms with Crippen LogP contribution in [0.25, 0.3) is 5.69 Å². The number of anilines is 1. The van der Waals surface area contributed by atoms with Crippen LogP contribution in [0.15, 0.2) is 48.5 Å². The molecule has 5 rings (SSSR count). The number of fused-ring (bicyclic) bond motifs is 1. The number of nitrogens with one attached hydrogen (secondary N) is 1. The van der Waals surface area contributed by atoms with Crippen molar-refractivity contribution in [3.63, 3.8) is 0 Å². The highest BCUT2D eigenvalue weighted by atomic mass is 32.2. The molecule has 0 bridgehead atoms. The zero-order valence-electron chi connectivity index (χ0n) is 21.0. The van der Waals surface area contributed by atoms with Gasteiger partial charge in [-0.1, -0.05) is 57.2 Å². The van der Waals surface area contributed by atoms with Crippen LogP contribution in [0.4, 0.5) is 10.2 Å². The molecule has 188 valence electrons. The Kier molecular flexibility index (Phi) is 6.41. The van der Waals surface area contributed by atoms with Gasteiger partial charge in [-0.2, -0.15) is 5.10 Å². The summed E-state index contributed by atoms with van der Waals surface area (Å²) >= 11 is 1.39. The average Bonchev–Trinajstić information content (AvgIpc) is 3.56. The van der Waals surface area contributed by atoms with Crippen LogP contribution in [0.1, 0.15) is 61.2 Å². The Hall–Kier alpha value is -3.13. The average molecular weight is 507 g/mol. The minimum absolute atomic E-state index is 0.103. The fraction of sp³-hybridized carbons (Fsp3) is 0.393. The summed E-state index contributed by atoms with van der Waals surface area (Å²) in [5.74, 6) is -0.0377. The third-order valence-corrected chi connectivity index (χ3v) is 7.81. The van der Waals surface area contributed by atoms with Crippen molar-refractivity contribution in [1.29, 1.82) is 0 Å². The lowest BCUT2D eigenvalue weighted by atomic mass is 9.87. The second-order valence-corrected chi connectivity index (χ2v) is 11.7. The summed E-state index contributed by atoms with van der Waals surface area (Å²) in [4.78, 5) is 28.1. The normalized spacial score (nSPS) is 18.1. The maximum Gasteiger partial charge on any atom is 0.240 e. The zero-order chi connectivity index (χ0) is 25.6. The molecule has 1 aliphatic heterocycles. The van der Waals surface area contributed by atoms with Crippen LogP contribution in [0, 0.1) is 12.7 Å². The van der Waals surface area contributed by atoms with E-state index in [0.717, 1.165) is 35.3 Å². The number of carbonyl (C=O) groups is 2. The van der Waals surface area contributed by atoms with Crippen molar-refractivity contribution in [3.05, 3.63) is 76.7 Å². The van der Waals surface area contributed by atoms with Crippen LogP contribution >= 0.6 is 11.8 Å². The molecule has 0 saturated heterocycles. The Labute approximate surface area is 215 Å². The number of benzene rings is 2. The number of carbonyl (C=O) groups excluding carboxylic acids is 2. The second kappa shape index (κ2) is 9.39. The van der Waals surface area contributed by atoms with Crippen LogP contribution in [-0.2, 0) is 15.0 Å². The van der Waals surface area contributed by atoms with Gasteiger partial charge in [0.25, 0.3) is 0 Å². The molecule has 2 amide bonds. The molecule has 1 aromatic heterocycles. The number of rotatable bonds is 5. The van der Waals surface area contributed by atoms with Gasteiger partial charge in [-0.25, -0.2) is 9.07 Å². The first-order valence-electron chi connectivity index (χ1n) is 12.3. The Morgan fingerprint density at radius 3 is 2.50 bits per heavy atom. The fourth-order valence-electron chi connectivity index (χ4n) is 4.62. The van der Waals surface area contributed by atoms with Crippen molar-refractivity contribution in [1.82, 2.24) is 15.1 Å². The molecule has 8 heteroatoms. The van der Waals surface area contributed by atoms with E-state index in [1.54, 1.807) is 21.7 Å². The van der Waals surface area contributed by atoms with Crippen molar-refractivity contribution in [3.8, 4) is 5.69 Å². The first-order valence-corrected chi connectivity index (χ1v) is 13.3. The molecular weight excluding hydrogens is 475 g/mol. The van der Waals surface area contributed by atoms with Gasteiger partial charge >= 0.3 is 0 Å². The molecular formula is C28H31FN4O2S. The molecule has 0 spiro atoms. The Morgan fingerprint density at radius 2 is 1.83 bits per heavy atom. The van der Waals surface area contributed by atoms with Crippen molar-refractivity contribution in [2.45, 2.75) is 57.2 Å². The highest BCUT2D eigenvalue weighted by Crippen LogP contribution is 2.49. The summed E-state index contributed by atoms with van der Waals surface area (Å²) in [5.41, 5.74) is 3.49. The highest BCUT2D eigenvalue weighted by molar-refractivity contribution is 8.00. The van der Waals surface area contributed by atoms with Crippen LogP contribution in [0.3, 0.4) is 0 Å². The first-order chi connectivity index (χ1) is 17.1. The number of aromatic nitrogens is 2. The van der Waals surface area contributed by atoms with E-state index in [1.807, 2.05) is 37.3 Å². The van der Waals surface area contributed by atoms with E-state index in [9.17, 15) is 9.59 Å². The number of hydrogen-bond acceptors (Lipinski definition) is 4. The lowest BCUT2D eigenvalue weighted by molar-refractivity contribution is -0.123. The molecule has 1 saturated carbocycles. The molecule has 2 heterocycles. The van der Waals surface area contributed by atoms with E-state index >= 15 is 4.39 Å². The molecule has 3 aromatic rings. The summed E-state index contributed by atoms with van der Waals surface area (Å²) < 4.78 is 17.0. The van der Waals surface area contributed by atoms with Crippen molar-refractivity contribution in [2.75, 3.05) is 17.2 Å². The third-order valence-electron chi connectivity index (χ3n) is 6.57. The number of hydrogen-bond donors (Lipinski definition) is 1. The molecule has 0 radical (unpaired) electrons. The van der Waals surface area contributed by atoms with Gasteiger partial charge < -0.3 is 5.32 Å². The van der Waals surface area contributed by atoms with Gasteiger partial charge in [-0.15, -0.1) is 11.8 Å². The van der Waals surface area contributed by atoms with Crippen LogP contribution in [0.2, 0.25) is 0 Å². The number of nitrogens with zero attached hydrogens (tertiary/aromatic N) is 3. The van der Waals surface area contributed by atoms with E-state index in [-0.39, 0.29) is 36.0 Å². The fourth-order valence-corrected chi connectivity index (χ4v) is 5.84. The Bertz CT molecular complexity index is 1330. The topological polar surface area (TPSA) is 67.2 Å². The van der Waals surface area contributed by atoms with E-state index in [2.05, 4.69) is 26.1 Å². The molecule has 1 atom stereocenters. The van der Waals surface area contributed by atoms with Crippen molar-refractivity contribution < 1.29 is 14.0 Å². The van der Waals surface area contributed by atoms with Gasteiger partial charge in [0.05, 0.1) is 22.4 Å². The maximum absolute atomic E-state index is 15.2. The number of halogens is 1. The van der Waals surface area contributed by atoms with Crippen LogP contribution in [0.5, 0.6) is 0 Å². The van der Waals surface area contributed by atoms with Crippen molar-refractivity contribution in [2.24, 2.45) is 0 Å². The number of para-hydroxylation sites is 1. The van der Waals surface area contributed by atoms with Gasteiger partial charge in [0, 0.05) is 22.6 Å². The van der Waals surface area contributed by atoms with E-state index < -0.39 is 10.7 Å². The lowest BCUT2D eigenvalue weighted by Crippen LogP contribution is -2.43. The van der Waals surface area contributed by atoms with Gasteiger partial charge in [0.1, 0.15) is 18.2 Å². The second-order valence-electron chi connectivity index (χ2n) is 10.6. The van der Waals surface area contributed by atoms with Crippen LogP contribution in [-0.4, -0.2) is 39.9 Å². The maximum atomic E-state index is 15.2. The number of aryl methyl sites for hydroxylation is 1. The Balaban J connectivity index is 1.77. The van der Waals surface area contributed by atoms with Gasteiger partial charge in [0.15, 0.2) is 0 Å². The van der Waals surface area contributed by atoms with Gasteiger partial charge in [0.2, 0.25) is 11.8 Å². The largest absolute Gasteiger partial charge is 0.352 e. The lowest BCUT2D eigenvalue weighted by Gasteiger charge is -2.25. The SMILES string of the molecule is Cc1ccccc1-n1nc(C(C)(C)C)c2c1N(CC(=O)NC1CC1)C(=O)CS[C@H]2c1ccccc1F. The van der Waals surface area contributed by atoms with E-state index in [4.69, 9.17) is 5.10 Å². The standard InChI is InChI=1S/C28H31FN4O2S/c1-17-9-5-8-12-21(17)33-27-24(26(31-33)28(2,3)4)25(19-10-6-7-11-20(19)29)36-16-23(35)32(27)15-22(34)30-18-13-14-18/h5-12,18,25H,13-16H2,1-4H3,(H,30,34)/t25-/m0/s1. The number of thioether (sulfide) groups is 1. The summed E-state index contributed by atoms with van der Waals surface area (Å²) in [5, 5.41) is 7.61. The van der Waals surface area contributed by atoms with E-state index in [0.29, 0.717) is 11.4 Å². The van der Waals surface area contributed by atoms with E-state index in [1.165, 1.54) is 17.8 Å². The van der Waals surface area contributed by atoms with Crippen molar-refractivity contribution >= 4 is 29.4 Å². The molecule has 0 unspecified atom stereocenters. The predicted octanol–water partition coefficient (Wildman–Crippen LogP) is 5.07. The summed E-state index contributed by atoms with van der Waals surface area (Å²) in [6, 6.07) is 14.7. The smallest absolute Gasteiger partial charge is 0.240 e. The number of amides is 2. The quantitative estimate of drug-likeness (QED) is 0.525. The summed E-state index contributed by atoms with van der Waals surface area (Å²) in [7, 11) is 0. The molecule has 1 N–H and O–H groups in total. The minimum Gasteiger partial charge on any atom is -0.352 e. The van der Waals surface area contributed by atoms with Gasteiger partial charge in [-0.05, 0) is 37.5 Å². The monoisotopic (exact) mass is 506 g/mol. The third kappa shape index (κ3) is 4.66. The first kappa shape index (κ1) is 24.6. The molecule has 2 aromatic carbocycles.